The van der Waals surface area contributed by atoms with E-state index >= 15 is 0 Å². The van der Waals surface area contributed by atoms with Crippen molar-refractivity contribution in [2.75, 3.05) is 20.1 Å². The molecule has 212 valence electrons. The smallest absolute Gasteiger partial charge is 0.414 e. The van der Waals surface area contributed by atoms with Gasteiger partial charge in [-0.2, -0.15) is 0 Å². The maximum absolute atomic E-state index is 13.6. The number of allylic oxidation sites excluding steroid dienone is 2. The van der Waals surface area contributed by atoms with Crippen LogP contribution in [0.2, 0.25) is 0 Å². The van der Waals surface area contributed by atoms with Crippen LogP contribution < -0.4 is 5.32 Å². The quantitative estimate of drug-likeness (QED) is 0.512. The van der Waals surface area contributed by atoms with Gasteiger partial charge in [-0.15, -0.1) is 0 Å². The molecule has 10 atom stereocenters. The van der Waals surface area contributed by atoms with Crippen LogP contribution in [0.15, 0.2) is 24.8 Å². The van der Waals surface area contributed by atoms with Gasteiger partial charge in [-0.3, -0.25) is 14.9 Å². The number of carbonyl (C=O) groups excluding carboxylic acids is 3. The lowest BCUT2D eigenvalue weighted by molar-refractivity contribution is -0.191. The van der Waals surface area contributed by atoms with Crippen LogP contribution >= 0.6 is 0 Å². The standard InChI is InChI=1S/C31H48N2O5/c1-8-9-13-29(5)17-24(38-28(37)32-27(36)22-18-33(7)16-12-19(22)2)30(6)20(3)10-14-31(21(4)26(29)35)15-11-23(34)25(30)31/h8-9,13,19-22,24-26,35H,1,10-12,14-18H2,2-7H3,(H,32,36,37)/t19-,20+,21-,22-,24+,25?,26-,29+,30-,31?/m0/s1. The summed E-state index contributed by atoms with van der Waals surface area (Å²) in [6.45, 7) is 15.8. The fourth-order valence-corrected chi connectivity index (χ4v) is 8.68. The van der Waals surface area contributed by atoms with Crippen molar-refractivity contribution in [1.82, 2.24) is 10.2 Å². The van der Waals surface area contributed by atoms with Crippen molar-refractivity contribution < 1.29 is 24.2 Å². The zero-order valence-electron chi connectivity index (χ0n) is 24.2. The average Bonchev–Trinajstić information content (AvgIpc) is 3.22. The number of carbonyl (C=O) groups is 3. The van der Waals surface area contributed by atoms with E-state index in [1.807, 2.05) is 33.0 Å². The predicted molar refractivity (Wildman–Crippen MR) is 147 cm³/mol. The molecule has 38 heavy (non-hydrogen) atoms. The van der Waals surface area contributed by atoms with Gasteiger partial charge in [0.25, 0.3) is 0 Å². The van der Waals surface area contributed by atoms with Crippen molar-refractivity contribution in [2.24, 2.45) is 45.8 Å². The highest BCUT2D eigenvalue weighted by molar-refractivity contribution is 5.93. The largest absolute Gasteiger partial charge is 0.445 e. The van der Waals surface area contributed by atoms with Crippen molar-refractivity contribution in [3.8, 4) is 0 Å². The van der Waals surface area contributed by atoms with Crippen LogP contribution in [0, 0.1) is 45.8 Å². The Labute approximate surface area is 228 Å². The molecule has 3 aliphatic carbocycles. The summed E-state index contributed by atoms with van der Waals surface area (Å²) in [5, 5.41) is 14.4. The van der Waals surface area contributed by atoms with Gasteiger partial charge in [0.2, 0.25) is 5.91 Å². The molecule has 1 saturated heterocycles. The van der Waals surface area contributed by atoms with E-state index in [9.17, 15) is 19.5 Å². The lowest BCUT2D eigenvalue weighted by atomic mass is 9.44. The number of aliphatic hydroxyl groups is 1. The van der Waals surface area contributed by atoms with Gasteiger partial charge >= 0.3 is 6.09 Å². The Bertz CT molecular complexity index is 995. The molecule has 3 saturated carbocycles. The Balaban J connectivity index is 1.70. The van der Waals surface area contributed by atoms with E-state index in [0.29, 0.717) is 19.4 Å². The number of Topliss-reactive ketones (excluding diaryl/α,β-unsaturated/α-hetero) is 1. The Kier molecular flexibility index (Phi) is 8.04. The molecule has 0 aromatic carbocycles. The average molecular weight is 529 g/mol. The molecule has 1 aliphatic heterocycles. The number of imide groups is 1. The number of rotatable bonds is 4. The molecule has 0 aromatic rings. The SMILES string of the molecule is C=CC=C[C@]1(C)C[C@@H](OC(=O)NC(=O)[C@H]2CN(C)CC[C@@H]2C)[C@@]2(C)C3C(=O)CCC3(CC[C@H]2C)[C@@H](C)[C@@H]1O. The van der Waals surface area contributed by atoms with Crippen molar-refractivity contribution in [3.63, 3.8) is 0 Å². The summed E-state index contributed by atoms with van der Waals surface area (Å²) in [5.41, 5.74) is -1.65. The van der Waals surface area contributed by atoms with Gasteiger partial charge in [0.15, 0.2) is 0 Å². The first kappa shape index (κ1) is 29.0. The molecular formula is C31H48N2O5. The maximum Gasteiger partial charge on any atom is 0.414 e. The lowest BCUT2D eigenvalue weighted by Crippen LogP contribution is -2.63. The van der Waals surface area contributed by atoms with Gasteiger partial charge in [-0.05, 0) is 68.9 Å². The van der Waals surface area contributed by atoms with E-state index in [0.717, 1.165) is 32.2 Å². The van der Waals surface area contributed by atoms with E-state index in [1.165, 1.54) is 0 Å². The van der Waals surface area contributed by atoms with Crippen LogP contribution in [0.1, 0.15) is 73.1 Å². The van der Waals surface area contributed by atoms with Gasteiger partial charge < -0.3 is 14.7 Å². The number of hydrogen-bond donors (Lipinski definition) is 2. The monoisotopic (exact) mass is 528 g/mol. The molecule has 7 nitrogen and oxygen atoms in total. The molecule has 2 bridgehead atoms. The van der Waals surface area contributed by atoms with Crippen LogP contribution in [0.25, 0.3) is 0 Å². The van der Waals surface area contributed by atoms with E-state index < -0.39 is 29.1 Å². The molecule has 2 amide bonds. The summed E-state index contributed by atoms with van der Waals surface area (Å²) in [5.74, 6) is -0.447. The van der Waals surface area contributed by atoms with E-state index in [4.69, 9.17) is 4.74 Å². The second-order valence-electron chi connectivity index (χ2n) is 13.5. The minimum Gasteiger partial charge on any atom is -0.445 e. The van der Waals surface area contributed by atoms with Crippen LogP contribution in [0.4, 0.5) is 4.79 Å². The Morgan fingerprint density at radius 2 is 1.89 bits per heavy atom. The van der Waals surface area contributed by atoms with E-state index in [2.05, 4.69) is 37.6 Å². The third-order valence-electron chi connectivity index (χ3n) is 11.4. The van der Waals surface area contributed by atoms with E-state index in [-0.39, 0.29) is 46.7 Å². The molecule has 2 unspecified atom stereocenters. The van der Waals surface area contributed by atoms with Crippen LogP contribution in [-0.4, -0.2) is 60.1 Å². The number of alkyl carbamates (subject to hydrolysis) is 1. The van der Waals surface area contributed by atoms with E-state index in [1.54, 1.807) is 6.08 Å². The van der Waals surface area contributed by atoms with Gasteiger partial charge in [0.05, 0.1) is 12.0 Å². The number of nitrogens with zero attached hydrogens (tertiary/aromatic N) is 1. The summed E-state index contributed by atoms with van der Waals surface area (Å²) >= 11 is 0. The van der Waals surface area contributed by atoms with Crippen LogP contribution in [0.3, 0.4) is 0 Å². The molecule has 2 N–H and O–H groups in total. The lowest BCUT2D eigenvalue weighted by Gasteiger charge is -2.61. The zero-order valence-corrected chi connectivity index (χ0v) is 24.2. The number of ether oxygens (including phenoxy) is 1. The summed E-state index contributed by atoms with van der Waals surface area (Å²) in [6, 6.07) is 0. The minimum absolute atomic E-state index is 0.0913. The second-order valence-corrected chi connectivity index (χ2v) is 13.5. The Morgan fingerprint density at radius 1 is 1.18 bits per heavy atom. The summed E-state index contributed by atoms with van der Waals surface area (Å²) < 4.78 is 6.21. The molecule has 0 spiro atoms. The first-order valence-corrected chi connectivity index (χ1v) is 14.5. The van der Waals surface area contributed by atoms with Crippen molar-refractivity contribution in [3.05, 3.63) is 24.8 Å². The number of likely N-dealkylation sites (tertiary alicyclic amines) is 1. The number of aliphatic hydroxyl groups excluding tert-OH is 1. The minimum atomic E-state index is -0.756. The molecule has 4 aliphatic rings. The van der Waals surface area contributed by atoms with Gasteiger partial charge in [0.1, 0.15) is 11.9 Å². The second kappa shape index (κ2) is 10.5. The highest BCUT2D eigenvalue weighted by Crippen LogP contribution is 2.68. The highest BCUT2D eigenvalue weighted by Gasteiger charge is 2.68. The molecule has 7 heteroatoms. The molecule has 1 heterocycles. The molecule has 4 rings (SSSR count). The number of nitrogens with one attached hydrogen (secondary N) is 1. The number of ketones is 1. The fourth-order valence-electron chi connectivity index (χ4n) is 8.68. The number of amides is 2. The zero-order chi connectivity index (χ0) is 28.0. The number of hydrogen-bond acceptors (Lipinski definition) is 6. The first-order chi connectivity index (χ1) is 17.8. The predicted octanol–water partition coefficient (Wildman–Crippen LogP) is 4.75. The van der Waals surface area contributed by atoms with Gasteiger partial charge in [-0.1, -0.05) is 59.4 Å². The Hall–Kier alpha value is -1.99. The van der Waals surface area contributed by atoms with Crippen molar-refractivity contribution >= 4 is 17.8 Å². The normalized spacial score (nSPS) is 45.7. The topological polar surface area (TPSA) is 95.9 Å². The molecule has 0 radical (unpaired) electrons. The van der Waals surface area contributed by atoms with Gasteiger partial charge in [-0.25, -0.2) is 4.79 Å². The van der Waals surface area contributed by atoms with Crippen molar-refractivity contribution in [2.45, 2.75) is 85.4 Å². The summed E-state index contributed by atoms with van der Waals surface area (Å²) in [6.07, 6.45) is 7.66. The maximum atomic E-state index is 13.6. The van der Waals surface area contributed by atoms with Crippen LogP contribution in [-0.2, 0) is 14.3 Å². The molecule has 0 aromatic heterocycles. The Morgan fingerprint density at radius 3 is 2.58 bits per heavy atom. The first-order valence-electron chi connectivity index (χ1n) is 14.5. The summed E-state index contributed by atoms with van der Waals surface area (Å²) in [7, 11) is 1.99. The number of piperidine rings is 1. The molecule has 4 fully saturated rings. The molecular weight excluding hydrogens is 480 g/mol. The fraction of sp³-hybridized carbons (Fsp3) is 0.774. The highest BCUT2D eigenvalue weighted by atomic mass is 16.6. The van der Waals surface area contributed by atoms with Gasteiger partial charge in [0, 0.05) is 29.7 Å². The third kappa shape index (κ3) is 4.68. The summed E-state index contributed by atoms with van der Waals surface area (Å²) in [4.78, 5) is 42.2. The van der Waals surface area contributed by atoms with Crippen molar-refractivity contribution in [1.29, 1.82) is 0 Å². The third-order valence-corrected chi connectivity index (χ3v) is 11.4. The van der Waals surface area contributed by atoms with Crippen LogP contribution in [0.5, 0.6) is 0 Å².